The minimum atomic E-state index is -4.04. The van der Waals surface area contributed by atoms with E-state index in [-0.39, 0.29) is 48.2 Å². The molecule has 0 spiro atoms. The maximum atomic E-state index is 13.7. The first kappa shape index (κ1) is 33.4. The zero-order valence-electron chi connectivity index (χ0n) is 25.1. The Morgan fingerprint density at radius 3 is 2.42 bits per heavy atom. The molecule has 1 aliphatic heterocycles. The number of sulfonamides is 1. The summed E-state index contributed by atoms with van der Waals surface area (Å²) in [5.74, 6) is -0.290. The predicted octanol–water partition coefficient (Wildman–Crippen LogP) is 3.36. The second-order valence-corrected chi connectivity index (χ2v) is 13.0. The van der Waals surface area contributed by atoms with E-state index in [0.717, 1.165) is 10.5 Å². The molecule has 14 heteroatoms. The van der Waals surface area contributed by atoms with E-state index < -0.39 is 45.2 Å². The zero-order valence-corrected chi connectivity index (χ0v) is 25.9. The molecular weight excluding hydrogens is 604 g/mol. The number of methoxy groups -OCH3 is 1. The van der Waals surface area contributed by atoms with Crippen LogP contribution < -0.4 is 15.0 Å². The summed E-state index contributed by atoms with van der Waals surface area (Å²) in [6.45, 7) is 3.27. The van der Waals surface area contributed by atoms with Crippen molar-refractivity contribution >= 4 is 33.4 Å². The summed E-state index contributed by atoms with van der Waals surface area (Å²) in [5, 5.41) is 25.4. The number of rotatable bonds is 14. The lowest BCUT2D eigenvalue weighted by molar-refractivity contribution is -0.384. The predicted molar refractivity (Wildman–Crippen MR) is 165 cm³/mol. The molecule has 13 nitrogen and oxygen atoms in total. The van der Waals surface area contributed by atoms with Crippen LogP contribution in [0.3, 0.4) is 0 Å². The first-order valence-electron chi connectivity index (χ1n) is 14.3. The fourth-order valence-electron chi connectivity index (χ4n) is 4.92. The monoisotopic (exact) mass is 640 g/mol. The van der Waals surface area contributed by atoms with Gasteiger partial charge in [0.15, 0.2) is 6.10 Å². The summed E-state index contributed by atoms with van der Waals surface area (Å²) in [6.07, 6.45) is -3.34. The van der Waals surface area contributed by atoms with Gasteiger partial charge in [-0.05, 0) is 48.2 Å². The fraction of sp³-hybridized carbons (Fsp3) is 0.355. The fourth-order valence-corrected chi connectivity index (χ4v) is 6.54. The van der Waals surface area contributed by atoms with Crippen molar-refractivity contribution in [3.05, 3.63) is 94.5 Å². The van der Waals surface area contributed by atoms with Gasteiger partial charge in [-0.3, -0.25) is 19.8 Å². The number of nitrogens with one attached hydrogen (secondary N) is 1. The van der Waals surface area contributed by atoms with Crippen molar-refractivity contribution < 1.29 is 37.5 Å². The maximum Gasteiger partial charge on any atom is 0.415 e. The number of amides is 2. The average Bonchev–Trinajstić information content (AvgIpc) is 3.42. The van der Waals surface area contributed by atoms with E-state index in [1.807, 2.05) is 32.0 Å². The quantitative estimate of drug-likeness (QED) is 0.198. The third-order valence-electron chi connectivity index (χ3n) is 7.20. The summed E-state index contributed by atoms with van der Waals surface area (Å²) < 4.78 is 39.0. The van der Waals surface area contributed by atoms with Gasteiger partial charge in [0.05, 0.1) is 41.3 Å². The number of ether oxygens (including phenoxy) is 2. The van der Waals surface area contributed by atoms with E-state index in [0.29, 0.717) is 5.75 Å². The average molecular weight is 641 g/mol. The Kier molecular flexibility index (Phi) is 10.8. The number of benzene rings is 3. The van der Waals surface area contributed by atoms with Crippen LogP contribution in [0.4, 0.5) is 16.2 Å². The molecule has 0 bridgehead atoms. The molecule has 0 aliphatic carbocycles. The number of hydrogen-bond acceptors (Lipinski definition) is 9. The van der Waals surface area contributed by atoms with E-state index in [9.17, 15) is 33.2 Å². The Bertz CT molecular complexity index is 1600. The van der Waals surface area contributed by atoms with Gasteiger partial charge in [-0.25, -0.2) is 13.2 Å². The van der Waals surface area contributed by atoms with Crippen LogP contribution in [0, 0.1) is 16.0 Å². The van der Waals surface area contributed by atoms with Gasteiger partial charge in [0.1, 0.15) is 5.75 Å². The molecule has 0 aromatic heterocycles. The zero-order chi connectivity index (χ0) is 32.7. The molecular formula is C31H36N4O9S. The van der Waals surface area contributed by atoms with Crippen LogP contribution in [0.15, 0.2) is 83.8 Å². The number of carbonyl (C=O) groups excluding carboxylic acids is 2. The highest BCUT2D eigenvalue weighted by atomic mass is 32.2. The summed E-state index contributed by atoms with van der Waals surface area (Å²) in [7, 11) is -2.56. The normalized spacial score (nSPS) is 16.4. The topological polar surface area (TPSA) is 169 Å². The smallest absolute Gasteiger partial charge is 0.415 e. The van der Waals surface area contributed by atoms with Crippen molar-refractivity contribution in [1.82, 2.24) is 9.62 Å². The molecule has 1 heterocycles. The molecule has 1 saturated heterocycles. The molecule has 240 valence electrons. The number of aliphatic hydroxyl groups is 1. The minimum Gasteiger partial charge on any atom is -0.497 e. The molecule has 2 amide bonds. The Labute approximate surface area is 261 Å². The lowest BCUT2D eigenvalue weighted by Crippen LogP contribution is -2.53. The van der Waals surface area contributed by atoms with Crippen molar-refractivity contribution in [1.29, 1.82) is 0 Å². The lowest BCUT2D eigenvalue weighted by atomic mass is 10.0. The largest absolute Gasteiger partial charge is 0.497 e. The number of cyclic esters (lactones) is 1. The first-order valence-corrected chi connectivity index (χ1v) is 15.7. The number of anilines is 1. The lowest BCUT2D eigenvalue weighted by Gasteiger charge is -2.31. The Balaban J connectivity index is 1.55. The summed E-state index contributed by atoms with van der Waals surface area (Å²) in [6, 6.07) is 19.4. The number of non-ortho nitro benzene ring substituents is 1. The molecule has 2 N–H and O–H groups in total. The highest BCUT2D eigenvalue weighted by Crippen LogP contribution is 2.26. The SMILES string of the molecule is COc1ccc(S(=O)(=O)N(CC(C)C)C[C@@H](O)[C@H](Cc2ccccc2)NC(=O)[C@@H]2CN(c3cccc([N+](=O)[O-])c3)C(=O)O2)cc1. The molecule has 45 heavy (non-hydrogen) atoms. The van der Waals surface area contributed by atoms with Crippen LogP contribution in [0.2, 0.25) is 0 Å². The maximum absolute atomic E-state index is 13.7. The number of carbonyl (C=O) groups is 2. The van der Waals surface area contributed by atoms with Crippen LogP contribution in [-0.2, 0) is 26.0 Å². The summed E-state index contributed by atoms with van der Waals surface area (Å²) in [4.78, 5) is 37.8. The summed E-state index contributed by atoms with van der Waals surface area (Å²) >= 11 is 0. The van der Waals surface area contributed by atoms with Crippen molar-refractivity contribution in [2.45, 2.75) is 43.4 Å². The standard InChI is InChI=1S/C31H36N4O9S/c1-21(2)18-33(45(41,42)26-14-12-25(43-3)13-15-26)19-28(36)27(16-22-8-5-4-6-9-22)32-30(37)29-20-34(31(38)44-29)23-10-7-11-24(17-23)35(39)40/h4-15,17,21,27-29,36H,16,18-20H2,1-3H3,(H,32,37)/t27-,28+,29-/m0/s1. The van der Waals surface area contributed by atoms with Gasteiger partial charge in [-0.2, -0.15) is 4.31 Å². The molecule has 0 unspecified atom stereocenters. The van der Waals surface area contributed by atoms with E-state index in [1.54, 1.807) is 12.1 Å². The second-order valence-electron chi connectivity index (χ2n) is 11.0. The highest BCUT2D eigenvalue weighted by Gasteiger charge is 2.39. The third kappa shape index (κ3) is 8.35. The van der Waals surface area contributed by atoms with Crippen LogP contribution in [0.5, 0.6) is 5.75 Å². The van der Waals surface area contributed by atoms with E-state index >= 15 is 0 Å². The number of nitro benzene ring substituents is 1. The Morgan fingerprint density at radius 1 is 1.11 bits per heavy atom. The second kappa shape index (κ2) is 14.5. The third-order valence-corrected chi connectivity index (χ3v) is 9.05. The molecule has 3 aromatic carbocycles. The number of nitrogens with zero attached hydrogens (tertiary/aromatic N) is 3. The molecule has 0 saturated carbocycles. The van der Waals surface area contributed by atoms with Crippen molar-refractivity contribution in [3.63, 3.8) is 0 Å². The molecule has 1 aliphatic rings. The number of hydrogen-bond donors (Lipinski definition) is 2. The summed E-state index contributed by atoms with van der Waals surface area (Å²) in [5.41, 5.74) is 0.741. The molecule has 0 radical (unpaired) electrons. The van der Waals surface area contributed by atoms with Gasteiger partial charge in [0, 0.05) is 25.2 Å². The Hall–Kier alpha value is -4.53. The minimum absolute atomic E-state index is 0.0268. The highest BCUT2D eigenvalue weighted by molar-refractivity contribution is 7.89. The van der Waals surface area contributed by atoms with Crippen molar-refractivity contribution in [3.8, 4) is 5.75 Å². The van der Waals surface area contributed by atoms with Crippen LogP contribution >= 0.6 is 0 Å². The van der Waals surface area contributed by atoms with E-state index in [2.05, 4.69) is 5.32 Å². The van der Waals surface area contributed by atoms with Crippen LogP contribution in [-0.4, -0.2) is 79.7 Å². The first-order chi connectivity index (χ1) is 21.4. The van der Waals surface area contributed by atoms with Gasteiger partial charge in [0.2, 0.25) is 10.0 Å². The van der Waals surface area contributed by atoms with Crippen LogP contribution in [0.1, 0.15) is 19.4 Å². The number of aliphatic hydroxyl groups excluding tert-OH is 1. The molecule has 3 atom stereocenters. The Morgan fingerprint density at radius 2 is 1.80 bits per heavy atom. The van der Waals surface area contributed by atoms with E-state index in [4.69, 9.17) is 9.47 Å². The van der Waals surface area contributed by atoms with Gasteiger partial charge in [-0.1, -0.05) is 50.2 Å². The van der Waals surface area contributed by atoms with Crippen molar-refractivity contribution in [2.75, 3.05) is 31.6 Å². The molecule has 3 aromatic rings. The van der Waals surface area contributed by atoms with Crippen LogP contribution in [0.25, 0.3) is 0 Å². The number of nitro groups is 1. The van der Waals surface area contributed by atoms with Gasteiger partial charge in [-0.15, -0.1) is 0 Å². The molecule has 4 rings (SSSR count). The van der Waals surface area contributed by atoms with E-state index in [1.165, 1.54) is 59.9 Å². The van der Waals surface area contributed by atoms with Crippen molar-refractivity contribution in [2.24, 2.45) is 5.92 Å². The molecule has 1 fully saturated rings. The van der Waals surface area contributed by atoms with Gasteiger partial charge < -0.3 is 19.9 Å². The van der Waals surface area contributed by atoms with Gasteiger partial charge >= 0.3 is 6.09 Å². The van der Waals surface area contributed by atoms with Gasteiger partial charge in [0.25, 0.3) is 11.6 Å².